The largest absolute Gasteiger partial charge is 0.486 e. The Morgan fingerprint density at radius 1 is 1.13 bits per heavy atom. The predicted octanol–water partition coefficient (Wildman–Crippen LogP) is 3.55. The highest BCUT2D eigenvalue weighted by atomic mass is 16.6. The van der Waals surface area contributed by atoms with Gasteiger partial charge in [-0.3, -0.25) is 4.79 Å². The Kier molecular flexibility index (Phi) is 6.02. The van der Waals surface area contributed by atoms with E-state index in [0.29, 0.717) is 24.7 Å². The number of carbonyl (C=O) groups excluding carboxylic acids is 2. The van der Waals surface area contributed by atoms with E-state index >= 15 is 0 Å². The van der Waals surface area contributed by atoms with Gasteiger partial charge in [0.1, 0.15) is 13.2 Å². The van der Waals surface area contributed by atoms with Crippen molar-refractivity contribution in [3.05, 3.63) is 65.2 Å². The van der Waals surface area contributed by atoms with Crippen molar-refractivity contribution >= 4 is 18.0 Å². The number of nitrogens with zero attached hydrogens (tertiary/aromatic N) is 1. The normalized spacial score (nSPS) is 17.3. The van der Waals surface area contributed by atoms with Crippen LogP contribution in [0.25, 0.3) is 6.08 Å². The summed E-state index contributed by atoms with van der Waals surface area (Å²) in [6, 6.07) is 13.7. The van der Waals surface area contributed by atoms with E-state index in [0.717, 1.165) is 24.8 Å². The van der Waals surface area contributed by atoms with Crippen LogP contribution >= 0.6 is 0 Å². The minimum atomic E-state index is -0.560. The fraction of sp³-hybridized carbons (Fsp3) is 0.333. The average Bonchev–Trinajstić information content (AvgIpc) is 2.80. The number of esters is 1. The zero-order valence-electron chi connectivity index (χ0n) is 17.0. The molecule has 1 amide bonds. The summed E-state index contributed by atoms with van der Waals surface area (Å²) in [5.41, 5.74) is 3.26. The molecule has 0 N–H and O–H groups in total. The SMILES string of the molecule is CN(C(=O)COC(=O)/C=C/c1ccc2c(c1)OCCO2)[C@H]1CCCc2ccccc21. The number of benzene rings is 2. The summed E-state index contributed by atoms with van der Waals surface area (Å²) in [7, 11) is 1.77. The van der Waals surface area contributed by atoms with Crippen LogP contribution in [0.4, 0.5) is 0 Å². The first-order valence-corrected chi connectivity index (χ1v) is 10.2. The number of likely N-dealkylation sites (N-methyl/N-ethyl adjacent to an activating group) is 1. The van der Waals surface area contributed by atoms with E-state index in [1.807, 2.05) is 18.2 Å². The van der Waals surface area contributed by atoms with Gasteiger partial charge in [-0.1, -0.05) is 30.3 Å². The highest BCUT2D eigenvalue weighted by Gasteiger charge is 2.26. The second-order valence-corrected chi connectivity index (χ2v) is 7.46. The lowest BCUT2D eigenvalue weighted by Crippen LogP contribution is -2.36. The third kappa shape index (κ3) is 4.48. The molecule has 0 saturated carbocycles. The quantitative estimate of drug-likeness (QED) is 0.560. The summed E-state index contributed by atoms with van der Waals surface area (Å²) in [6.07, 6.45) is 5.93. The van der Waals surface area contributed by atoms with Gasteiger partial charge in [0.2, 0.25) is 0 Å². The Labute approximate surface area is 176 Å². The average molecular weight is 407 g/mol. The number of ether oxygens (including phenoxy) is 3. The van der Waals surface area contributed by atoms with E-state index in [1.54, 1.807) is 30.2 Å². The molecule has 1 aliphatic heterocycles. The molecule has 0 fully saturated rings. The zero-order valence-corrected chi connectivity index (χ0v) is 17.0. The van der Waals surface area contributed by atoms with E-state index in [4.69, 9.17) is 14.2 Å². The summed E-state index contributed by atoms with van der Waals surface area (Å²) >= 11 is 0. The lowest BCUT2D eigenvalue weighted by molar-refractivity contribution is -0.148. The molecule has 1 atom stereocenters. The number of hydrogen-bond acceptors (Lipinski definition) is 5. The number of fused-ring (bicyclic) bond motifs is 2. The summed E-state index contributed by atoms with van der Waals surface area (Å²) < 4.78 is 16.2. The van der Waals surface area contributed by atoms with Crippen LogP contribution in [-0.2, 0) is 20.7 Å². The highest BCUT2D eigenvalue weighted by molar-refractivity contribution is 5.89. The number of rotatable bonds is 5. The number of amides is 1. The molecule has 0 saturated heterocycles. The van der Waals surface area contributed by atoms with Gasteiger partial charge in [0.15, 0.2) is 18.1 Å². The van der Waals surface area contributed by atoms with Crippen LogP contribution in [0.2, 0.25) is 0 Å². The Morgan fingerprint density at radius 2 is 1.93 bits per heavy atom. The molecule has 2 aliphatic rings. The summed E-state index contributed by atoms with van der Waals surface area (Å²) in [5.74, 6) is 0.577. The number of hydrogen-bond donors (Lipinski definition) is 0. The monoisotopic (exact) mass is 407 g/mol. The van der Waals surface area contributed by atoms with Crippen LogP contribution in [0.15, 0.2) is 48.5 Å². The first-order chi connectivity index (χ1) is 14.6. The molecule has 6 heteroatoms. The first-order valence-electron chi connectivity index (χ1n) is 10.2. The molecule has 156 valence electrons. The van der Waals surface area contributed by atoms with Gasteiger partial charge in [0.05, 0.1) is 6.04 Å². The van der Waals surface area contributed by atoms with Crippen LogP contribution in [0.3, 0.4) is 0 Å². The lowest BCUT2D eigenvalue weighted by atomic mass is 9.87. The van der Waals surface area contributed by atoms with E-state index in [9.17, 15) is 9.59 Å². The third-order valence-corrected chi connectivity index (χ3v) is 5.51. The van der Waals surface area contributed by atoms with Gasteiger partial charge in [-0.2, -0.15) is 0 Å². The van der Waals surface area contributed by atoms with Crippen LogP contribution in [0.1, 0.15) is 35.6 Å². The maximum Gasteiger partial charge on any atom is 0.331 e. The molecule has 6 nitrogen and oxygen atoms in total. The Balaban J connectivity index is 1.32. The van der Waals surface area contributed by atoms with Crippen LogP contribution < -0.4 is 9.47 Å². The van der Waals surface area contributed by atoms with Crippen molar-refractivity contribution in [3.63, 3.8) is 0 Å². The molecule has 2 aromatic rings. The molecular formula is C24H25NO5. The van der Waals surface area contributed by atoms with Gasteiger partial charge in [-0.05, 0) is 54.2 Å². The molecular weight excluding hydrogens is 382 g/mol. The molecule has 0 bridgehead atoms. The fourth-order valence-electron chi connectivity index (χ4n) is 3.92. The molecule has 1 aliphatic carbocycles. The summed E-state index contributed by atoms with van der Waals surface area (Å²) in [4.78, 5) is 26.3. The Morgan fingerprint density at radius 3 is 2.80 bits per heavy atom. The minimum absolute atomic E-state index is 0.0226. The molecule has 0 radical (unpaired) electrons. The van der Waals surface area contributed by atoms with Crippen molar-refractivity contribution in [3.8, 4) is 11.5 Å². The molecule has 0 aromatic heterocycles. The van der Waals surface area contributed by atoms with Crippen molar-refractivity contribution in [1.29, 1.82) is 0 Å². The van der Waals surface area contributed by atoms with Crippen molar-refractivity contribution in [1.82, 2.24) is 4.90 Å². The smallest absolute Gasteiger partial charge is 0.331 e. The first kappa shape index (κ1) is 20.0. The van der Waals surface area contributed by atoms with E-state index in [1.165, 1.54) is 17.2 Å². The molecule has 0 spiro atoms. The standard InChI is InChI=1S/C24H25NO5/c1-25(20-8-4-6-18-5-2-3-7-19(18)20)23(26)16-30-24(27)12-10-17-9-11-21-22(15-17)29-14-13-28-21/h2-3,5,7,9-12,15,20H,4,6,8,13-14,16H2,1H3/b12-10+/t20-/m0/s1. The van der Waals surface area contributed by atoms with Gasteiger partial charge in [-0.25, -0.2) is 4.79 Å². The van der Waals surface area contributed by atoms with Gasteiger partial charge in [0.25, 0.3) is 5.91 Å². The van der Waals surface area contributed by atoms with Crippen molar-refractivity contribution < 1.29 is 23.8 Å². The highest BCUT2D eigenvalue weighted by Crippen LogP contribution is 2.33. The molecule has 0 unspecified atom stereocenters. The van der Waals surface area contributed by atoms with Gasteiger partial charge in [0, 0.05) is 13.1 Å². The second-order valence-electron chi connectivity index (χ2n) is 7.46. The van der Waals surface area contributed by atoms with E-state index in [-0.39, 0.29) is 18.6 Å². The molecule has 1 heterocycles. The zero-order chi connectivity index (χ0) is 20.9. The van der Waals surface area contributed by atoms with Crippen LogP contribution in [0, 0.1) is 0 Å². The fourth-order valence-corrected chi connectivity index (χ4v) is 3.92. The van der Waals surface area contributed by atoms with E-state index < -0.39 is 5.97 Å². The topological polar surface area (TPSA) is 65.1 Å². The predicted molar refractivity (Wildman–Crippen MR) is 112 cm³/mol. The van der Waals surface area contributed by atoms with Crippen molar-refractivity contribution in [2.75, 3.05) is 26.9 Å². The Hall–Kier alpha value is -3.28. The number of carbonyl (C=O) groups is 2. The summed E-state index contributed by atoms with van der Waals surface area (Å²) in [5, 5.41) is 0. The van der Waals surface area contributed by atoms with Crippen LogP contribution in [-0.4, -0.2) is 43.6 Å². The Bertz CT molecular complexity index is 968. The number of aryl methyl sites for hydroxylation is 1. The third-order valence-electron chi connectivity index (χ3n) is 5.51. The molecule has 4 rings (SSSR count). The van der Waals surface area contributed by atoms with Gasteiger partial charge in [-0.15, -0.1) is 0 Å². The van der Waals surface area contributed by atoms with Gasteiger partial charge >= 0.3 is 5.97 Å². The molecule has 30 heavy (non-hydrogen) atoms. The lowest BCUT2D eigenvalue weighted by Gasteiger charge is -2.33. The van der Waals surface area contributed by atoms with Crippen molar-refractivity contribution in [2.24, 2.45) is 0 Å². The minimum Gasteiger partial charge on any atom is -0.486 e. The maximum absolute atomic E-state index is 12.6. The maximum atomic E-state index is 12.6. The van der Waals surface area contributed by atoms with Crippen molar-refractivity contribution in [2.45, 2.75) is 25.3 Å². The summed E-state index contributed by atoms with van der Waals surface area (Å²) in [6.45, 7) is 0.756. The molecule has 2 aromatic carbocycles. The van der Waals surface area contributed by atoms with Gasteiger partial charge < -0.3 is 19.1 Å². The van der Waals surface area contributed by atoms with E-state index in [2.05, 4.69) is 12.1 Å². The second kappa shape index (κ2) is 9.03. The van der Waals surface area contributed by atoms with Crippen LogP contribution in [0.5, 0.6) is 11.5 Å².